The summed E-state index contributed by atoms with van der Waals surface area (Å²) in [6.07, 6.45) is 2.25. The fraction of sp³-hybridized carbons (Fsp3) is 0.348. The lowest BCUT2D eigenvalue weighted by molar-refractivity contribution is -0.122. The molecule has 30 heavy (non-hydrogen) atoms. The number of hydrogen-bond acceptors (Lipinski definition) is 5. The molecule has 1 atom stereocenters. The van der Waals surface area contributed by atoms with Crippen LogP contribution in [-0.4, -0.2) is 50.6 Å². The lowest BCUT2D eigenvalue weighted by Gasteiger charge is -2.26. The molecule has 7 heteroatoms. The number of anilines is 1. The Balaban J connectivity index is 1.91. The van der Waals surface area contributed by atoms with Crippen LogP contribution >= 0.6 is 15.9 Å². The Hall–Kier alpha value is -2.51. The summed E-state index contributed by atoms with van der Waals surface area (Å²) in [6, 6.07) is 13.1. The molecule has 0 fully saturated rings. The van der Waals surface area contributed by atoms with Crippen molar-refractivity contribution in [3.8, 4) is 0 Å². The SMILES string of the molecule is CNc1ccccc1[C@](C)(C=O)CCNC(=O)CN(C)Cc1cc(Br)ccc1C=O. The maximum atomic E-state index is 12.4. The normalized spacial score (nSPS) is 12.8. The Bertz CT molecular complexity index is 903. The molecule has 0 unspecified atom stereocenters. The van der Waals surface area contributed by atoms with Crippen LogP contribution < -0.4 is 10.6 Å². The molecule has 2 N–H and O–H groups in total. The quantitative estimate of drug-likeness (QED) is 0.489. The first kappa shape index (κ1) is 23.8. The van der Waals surface area contributed by atoms with E-state index in [1.807, 2.05) is 62.3 Å². The number of amides is 1. The molecule has 0 aliphatic carbocycles. The fourth-order valence-corrected chi connectivity index (χ4v) is 3.80. The van der Waals surface area contributed by atoms with Crippen LogP contribution in [0.15, 0.2) is 46.9 Å². The Morgan fingerprint density at radius 3 is 2.60 bits per heavy atom. The van der Waals surface area contributed by atoms with Crippen molar-refractivity contribution >= 4 is 40.1 Å². The van der Waals surface area contributed by atoms with Gasteiger partial charge in [-0.15, -0.1) is 0 Å². The van der Waals surface area contributed by atoms with E-state index in [9.17, 15) is 14.4 Å². The molecule has 0 aromatic heterocycles. The minimum atomic E-state index is -0.700. The highest BCUT2D eigenvalue weighted by Gasteiger charge is 2.28. The van der Waals surface area contributed by atoms with Crippen molar-refractivity contribution in [1.29, 1.82) is 0 Å². The van der Waals surface area contributed by atoms with Crippen LogP contribution in [0.1, 0.15) is 34.8 Å². The number of likely N-dealkylation sites (N-methyl/N-ethyl adjacent to an activating group) is 1. The van der Waals surface area contributed by atoms with Gasteiger partial charge in [-0.25, -0.2) is 0 Å². The summed E-state index contributed by atoms with van der Waals surface area (Å²) < 4.78 is 0.885. The van der Waals surface area contributed by atoms with Gasteiger partial charge in [0.2, 0.25) is 5.91 Å². The number of carbonyl (C=O) groups is 3. The van der Waals surface area contributed by atoms with Gasteiger partial charge in [0.1, 0.15) is 12.6 Å². The predicted molar refractivity (Wildman–Crippen MR) is 123 cm³/mol. The molecule has 6 nitrogen and oxygen atoms in total. The van der Waals surface area contributed by atoms with Gasteiger partial charge in [-0.3, -0.25) is 14.5 Å². The molecule has 0 saturated carbocycles. The van der Waals surface area contributed by atoms with E-state index in [1.54, 1.807) is 6.07 Å². The smallest absolute Gasteiger partial charge is 0.234 e. The first-order chi connectivity index (χ1) is 14.3. The lowest BCUT2D eigenvalue weighted by Crippen LogP contribution is -2.38. The second-order valence-electron chi connectivity index (χ2n) is 7.56. The number of para-hydroxylation sites is 1. The molecule has 1 amide bonds. The van der Waals surface area contributed by atoms with Gasteiger partial charge in [0.25, 0.3) is 0 Å². The molecule has 160 valence electrons. The number of benzene rings is 2. The van der Waals surface area contributed by atoms with E-state index in [-0.39, 0.29) is 12.5 Å². The number of halogens is 1. The first-order valence-electron chi connectivity index (χ1n) is 9.75. The zero-order valence-electron chi connectivity index (χ0n) is 17.6. The van der Waals surface area contributed by atoms with Crippen molar-refractivity contribution in [3.05, 3.63) is 63.6 Å². The van der Waals surface area contributed by atoms with Crippen molar-refractivity contribution in [2.24, 2.45) is 0 Å². The topological polar surface area (TPSA) is 78.5 Å². The summed E-state index contributed by atoms with van der Waals surface area (Å²) >= 11 is 3.41. The third-order valence-electron chi connectivity index (χ3n) is 5.12. The highest BCUT2D eigenvalue weighted by Crippen LogP contribution is 2.31. The molecular weight excluding hydrogens is 446 g/mol. The molecule has 0 radical (unpaired) electrons. The van der Waals surface area contributed by atoms with E-state index in [2.05, 4.69) is 26.6 Å². The van der Waals surface area contributed by atoms with E-state index in [1.165, 1.54) is 0 Å². The summed E-state index contributed by atoms with van der Waals surface area (Å²) in [5, 5.41) is 6.01. The molecule has 2 aromatic carbocycles. The van der Waals surface area contributed by atoms with Crippen LogP contribution in [0.2, 0.25) is 0 Å². The summed E-state index contributed by atoms with van der Waals surface area (Å²) in [6.45, 7) is 2.93. The molecule has 2 rings (SSSR count). The summed E-state index contributed by atoms with van der Waals surface area (Å²) in [7, 11) is 3.65. The molecule has 0 spiro atoms. The molecule has 0 aliphatic rings. The van der Waals surface area contributed by atoms with Crippen LogP contribution in [0.25, 0.3) is 0 Å². The number of hydrogen-bond donors (Lipinski definition) is 2. The minimum Gasteiger partial charge on any atom is -0.388 e. The summed E-state index contributed by atoms with van der Waals surface area (Å²) in [5.74, 6) is -0.129. The summed E-state index contributed by atoms with van der Waals surface area (Å²) in [4.78, 5) is 37.3. The van der Waals surface area contributed by atoms with E-state index in [0.29, 0.717) is 25.1 Å². The van der Waals surface area contributed by atoms with Crippen molar-refractivity contribution in [3.63, 3.8) is 0 Å². The van der Waals surface area contributed by atoms with Crippen LogP contribution in [0, 0.1) is 0 Å². The van der Waals surface area contributed by atoms with Crippen molar-refractivity contribution in [2.75, 3.05) is 32.5 Å². The zero-order valence-corrected chi connectivity index (χ0v) is 19.2. The maximum absolute atomic E-state index is 12.4. The van der Waals surface area contributed by atoms with Gasteiger partial charge in [0.15, 0.2) is 0 Å². The van der Waals surface area contributed by atoms with Gasteiger partial charge < -0.3 is 15.4 Å². The van der Waals surface area contributed by atoms with E-state index in [0.717, 1.165) is 33.9 Å². The Labute approximate surface area is 186 Å². The fourth-order valence-electron chi connectivity index (χ4n) is 3.39. The second kappa shape index (κ2) is 11.0. The van der Waals surface area contributed by atoms with Crippen molar-refractivity contribution in [2.45, 2.75) is 25.3 Å². The Kier molecular flexibility index (Phi) is 8.74. The maximum Gasteiger partial charge on any atom is 0.234 e. The number of carbonyl (C=O) groups excluding carboxylic acids is 3. The predicted octanol–water partition coefficient (Wildman–Crippen LogP) is 3.40. The van der Waals surface area contributed by atoms with Crippen LogP contribution in [0.4, 0.5) is 5.69 Å². The van der Waals surface area contributed by atoms with Crippen LogP contribution in [0.3, 0.4) is 0 Å². The van der Waals surface area contributed by atoms with Crippen LogP contribution in [0.5, 0.6) is 0 Å². The van der Waals surface area contributed by atoms with Gasteiger partial charge in [-0.05, 0) is 49.7 Å². The largest absolute Gasteiger partial charge is 0.388 e. The monoisotopic (exact) mass is 473 g/mol. The average molecular weight is 474 g/mol. The molecular formula is C23H28BrN3O3. The number of nitrogens with zero attached hydrogens (tertiary/aromatic N) is 1. The Morgan fingerprint density at radius 2 is 1.93 bits per heavy atom. The van der Waals surface area contributed by atoms with E-state index >= 15 is 0 Å². The average Bonchev–Trinajstić information content (AvgIpc) is 2.73. The third kappa shape index (κ3) is 6.24. The van der Waals surface area contributed by atoms with Gasteiger partial charge in [0, 0.05) is 35.9 Å². The first-order valence-corrected chi connectivity index (χ1v) is 10.5. The molecule has 0 saturated heterocycles. The van der Waals surface area contributed by atoms with Gasteiger partial charge in [-0.1, -0.05) is 40.2 Å². The number of nitrogens with one attached hydrogen (secondary N) is 2. The molecule has 2 aromatic rings. The standard InChI is InChI=1S/C23H28BrN3O3/c1-23(16-29,20-6-4-5-7-21(20)25-2)10-11-26-22(30)14-27(3)13-18-12-19(24)9-8-17(18)15-28/h4-9,12,15-16,25H,10-11,13-14H2,1-3H3,(H,26,30)/t23-/m0/s1. The van der Waals surface area contributed by atoms with Crippen molar-refractivity contribution in [1.82, 2.24) is 10.2 Å². The number of rotatable bonds is 11. The van der Waals surface area contributed by atoms with E-state index < -0.39 is 5.41 Å². The minimum absolute atomic E-state index is 0.129. The zero-order chi connectivity index (χ0) is 22.1. The van der Waals surface area contributed by atoms with Gasteiger partial charge >= 0.3 is 0 Å². The van der Waals surface area contributed by atoms with Crippen molar-refractivity contribution < 1.29 is 14.4 Å². The van der Waals surface area contributed by atoms with E-state index in [4.69, 9.17) is 0 Å². The second-order valence-corrected chi connectivity index (χ2v) is 8.48. The number of aldehydes is 2. The summed E-state index contributed by atoms with van der Waals surface area (Å²) in [5.41, 5.74) is 2.57. The van der Waals surface area contributed by atoms with Gasteiger partial charge in [0.05, 0.1) is 12.0 Å². The van der Waals surface area contributed by atoms with Gasteiger partial charge in [-0.2, -0.15) is 0 Å². The molecule has 0 heterocycles. The highest BCUT2D eigenvalue weighted by atomic mass is 79.9. The Morgan fingerprint density at radius 1 is 1.20 bits per heavy atom. The highest BCUT2D eigenvalue weighted by molar-refractivity contribution is 9.10. The van der Waals surface area contributed by atoms with Crippen LogP contribution in [-0.2, 0) is 21.5 Å². The molecule has 0 bridgehead atoms. The lowest BCUT2D eigenvalue weighted by atomic mass is 9.80. The molecule has 0 aliphatic heterocycles. The third-order valence-corrected chi connectivity index (χ3v) is 5.62.